The predicted molar refractivity (Wildman–Crippen MR) is 132 cm³/mol. The van der Waals surface area contributed by atoms with Crippen LogP contribution in [0.3, 0.4) is 0 Å². The summed E-state index contributed by atoms with van der Waals surface area (Å²) in [5.74, 6) is 1.38. The molecule has 1 aromatic rings. The van der Waals surface area contributed by atoms with Crippen LogP contribution in [-0.2, 0) is 6.42 Å². The highest BCUT2D eigenvalue weighted by Crippen LogP contribution is 2.29. The predicted octanol–water partition coefficient (Wildman–Crippen LogP) is 6.84. The maximum atomic E-state index is 4.11. The smallest absolute Gasteiger partial charge is 0.0360 e. The monoisotopic (exact) mass is 404 g/mol. The first-order valence-corrected chi connectivity index (χ1v) is 11.7. The molecule has 30 heavy (non-hydrogen) atoms. The fourth-order valence-electron chi connectivity index (χ4n) is 4.48. The highest BCUT2D eigenvalue weighted by Gasteiger charge is 2.15. The average molecular weight is 405 g/mol. The van der Waals surface area contributed by atoms with Crippen molar-refractivity contribution in [3.05, 3.63) is 77.4 Å². The van der Waals surface area contributed by atoms with Crippen molar-refractivity contribution in [3.63, 3.8) is 0 Å². The van der Waals surface area contributed by atoms with Crippen LogP contribution in [0.5, 0.6) is 0 Å². The standard InChI is InChI=1S/C28H40N2/c1-21(2)26-11-5-24(6-12-26)19-29-18-17-23-9-15-28(16-10-23)30-20-25-7-13-27(14-8-25)22(3)4/h5,7,9-10,15-16,26-27,29-30H,1,3,6,8,11-14,17-20H2,2,4H3. The van der Waals surface area contributed by atoms with Crippen LogP contribution < -0.4 is 10.6 Å². The van der Waals surface area contributed by atoms with Gasteiger partial charge in [-0.15, -0.1) is 0 Å². The Morgan fingerprint density at radius 1 is 0.867 bits per heavy atom. The first-order chi connectivity index (χ1) is 14.5. The van der Waals surface area contributed by atoms with Gasteiger partial charge in [0.05, 0.1) is 0 Å². The molecule has 3 rings (SSSR count). The molecular weight excluding hydrogens is 364 g/mol. The lowest BCUT2D eigenvalue weighted by molar-refractivity contribution is 0.528. The Morgan fingerprint density at radius 2 is 1.43 bits per heavy atom. The van der Waals surface area contributed by atoms with Crippen LogP contribution in [0.2, 0.25) is 0 Å². The maximum absolute atomic E-state index is 4.11. The fourth-order valence-corrected chi connectivity index (χ4v) is 4.48. The second kappa shape index (κ2) is 11.4. The zero-order chi connectivity index (χ0) is 21.3. The molecule has 0 aliphatic heterocycles. The quantitative estimate of drug-likeness (QED) is 0.330. The van der Waals surface area contributed by atoms with E-state index in [2.05, 4.69) is 74.1 Å². The molecule has 0 spiro atoms. The molecular formula is C28H40N2. The lowest BCUT2D eigenvalue weighted by Crippen LogP contribution is -2.22. The molecule has 0 amide bonds. The van der Waals surface area contributed by atoms with Crippen molar-refractivity contribution in [2.45, 2.75) is 58.8 Å². The van der Waals surface area contributed by atoms with Crippen LogP contribution in [-0.4, -0.2) is 19.6 Å². The van der Waals surface area contributed by atoms with Gasteiger partial charge in [0.15, 0.2) is 0 Å². The fraction of sp³-hybridized carbons (Fsp3) is 0.500. The van der Waals surface area contributed by atoms with Crippen molar-refractivity contribution in [2.24, 2.45) is 11.8 Å². The highest BCUT2D eigenvalue weighted by molar-refractivity contribution is 5.45. The molecule has 1 aromatic carbocycles. The Kier molecular flexibility index (Phi) is 8.57. The minimum Gasteiger partial charge on any atom is -0.381 e. The van der Waals surface area contributed by atoms with E-state index in [-0.39, 0.29) is 0 Å². The van der Waals surface area contributed by atoms with E-state index in [1.807, 2.05) is 0 Å². The van der Waals surface area contributed by atoms with Crippen molar-refractivity contribution in [3.8, 4) is 0 Å². The van der Waals surface area contributed by atoms with Crippen molar-refractivity contribution < 1.29 is 0 Å². The first kappa shape index (κ1) is 22.6. The zero-order valence-electron chi connectivity index (χ0n) is 19.1. The SMILES string of the molecule is C=C(C)C1CC=C(CNCCc2ccc(NCC3=CCC(C(=C)C)CC3)cc2)CC1. The van der Waals surface area contributed by atoms with E-state index in [1.165, 1.54) is 60.1 Å². The lowest BCUT2D eigenvalue weighted by atomic mass is 9.85. The molecule has 0 radical (unpaired) electrons. The van der Waals surface area contributed by atoms with E-state index >= 15 is 0 Å². The molecule has 2 unspecified atom stereocenters. The molecule has 2 aliphatic carbocycles. The molecule has 0 saturated heterocycles. The number of hydrogen-bond donors (Lipinski definition) is 2. The van der Waals surface area contributed by atoms with Gasteiger partial charge in [-0.2, -0.15) is 0 Å². The number of benzene rings is 1. The summed E-state index contributed by atoms with van der Waals surface area (Å²) < 4.78 is 0. The number of hydrogen-bond acceptors (Lipinski definition) is 2. The van der Waals surface area contributed by atoms with E-state index in [1.54, 1.807) is 5.57 Å². The zero-order valence-corrected chi connectivity index (χ0v) is 19.1. The molecule has 2 aliphatic rings. The van der Waals surface area contributed by atoms with Crippen LogP contribution in [0, 0.1) is 11.8 Å². The summed E-state index contributed by atoms with van der Waals surface area (Å²) in [6.45, 7) is 15.6. The minimum absolute atomic E-state index is 0.685. The van der Waals surface area contributed by atoms with Gasteiger partial charge < -0.3 is 10.6 Å². The van der Waals surface area contributed by atoms with Crippen molar-refractivity contribution in [2.75, 3.05) is 25.0 Å². The van der Waals surface area contributed by atoms with Crippen molar-refractivity contribution in [1.82, 2.24) is 5.32 Å². The Labute approximate surface area is 184 Å². The molecule has 2 N–H and O–H groups in total. The number of nitrogens with one attached hydrogen (secondary N) is 2. The Hall–Kier alpha value is -2.06. The van der Waals surface area contributed by atoms with Crippen LogP contribution in [0.4, 0.5) is 5.69 Å². The summed E-state index contributed by atoms with van der Waals surface area (Å²) in [6.07, 6.45) is 13.2. The van der Waals surface area contributed by atoms with E-state index < -0.39 is 0 Å². The number of allylic oxidation sites excluding steroid dienone is 4. The van der Waals surface area contributed by atoms with Crippen LogP contribution >= 0.6 is 0 Å². The summed E-state index contributed by atoms with van der Waals surface area (Å²) in [6, 6.07) is 8.95. The Bertz CT molecular complexity index is 781. The Morgan fingerprint density at radius 3 is 1.93 bits per heavy atom. The maximum Gasteiger partial charge on any atom is 0.0360 e. The summed E-state index contributed by atoms with van der Waals surface area (Å²) >= 11 is 0. The largest absolute Gasteiger partial charge is 0.381 e. The van der Waals surface area contributed by atoms with Gasteiger partial charge in [-0.3, -0.25) is 0 Å². The number of rotatable bonds is 10. The third-order valence-electron chi connectivity index (χ3n) is 6.82. The van der Waals surface area contributed by atoms with E-state index in [9.17, 15) is 0 Å². The van der Waals surface area contributed by atoms with Gasteiger partial charge in [-0.05, 0) is 94.9 Å². The van der Waals surface area contributed by atoms with E-state index in [4.69, 9.17) is 0 Å². The molecule has 2 heteroatoms. The molecule has 2 atom stereocenters. The van der Waals surface area contributed by atoms with Gasteiger partial charge in [-0.25, -0.2) is 0 Å². The molecule has 0 heterocycles. The molecule has 0 bridgehead atoms. The van der Waals surface area contributed by atoms with Gasteiger partial charge >= 0.3 is 0 Å². The normalized spacial score (nSPS) is 21.5. The van der Waals surface area contributed by atoms with E-state index in [0.717, 1.165) is 32.5 Å². The summed E-state index contributed by atoms with van der Waals surface area (Å²) in [5, 5.41) is 7.21. The van der Waals surface area contributed by atoms with Gasteiger partial charge in [0.1, 0.15) is 0 Å². The number of anilines is 1. The van der Waals surface area contributed by atoms with Gasteiger partial charge in [0.2, 0.25) is 0 Å². The van der Waals surface area contributed by atoms with Crippen LogP contribution in [0.1, 0.15) is 57.9 Å². The minimum atomic E-state index is 0.685. The van der Waals surface area contributed by atoms with Crippen LogP contribution in [0.25, 0.3) is 0 Å². The molecule has 162 valence electrons. The summed E-state index contributed by atoms with van der Waals surface area (Å²) in [4.78, 5) is 0. The van der Waals surface area contributed by atoms with Gasteiger partial charge in [-0.1, -0.05) is 59.7 Å². The Balaban J connectivity index is 1.33. The highest BCUT2D eigenvalue weighted by atomic mass is 14.9. The molecule has 2 nitrogen and oxygen atoms in total. The van der Waals surface area contributed by atoms with Gasteiger partial charge in [0.25, 0.3) is 0 Å². The van der Waals surface area contributed by atoms with Crippen LogP contribution in [0.15, 0.2) is 71.9 Å². The lowest BCUT2D eigenvalue weighted by Gasteiger charge is -2.22. The summed E-state index contributed by atoms with van der Waals surface area (Å²) in [7, 11) is 0. The van der Waals surface area contributed by atoms with Gasteiger partial charge in [0, 0.05) is 18.8 Å². The topological polar surface area (TPSA) is 24.1 Å². The molecule has 0 saturated carbocycles. The first-order valence-electron chi connectivity index (χ1n) is 11.7. The molecule has 0 aromatic heterocycles. The van der Waals surface area contributed by atoms with Crippen molar-refractivity contribution >= 4 is 5.69 Å². The third-order valence-corrected chi connectivity index (χ3v) is 6.82. The second-order valence-corrected chi connectivity index (χ2v) is 9.34. The molecule has 0 fully saturated rings. The third kappa shape index (κ3) is 7.02. The summed E-state index contributed by atoms with van der Waals surface area (Å²) in [5.41, 5.74) is 8.38. The second-order valence-electron chi connectivity index (χ2n) is 9.34. The van der Waals surface area contributed by atoms with Crippen molar-refractivity contribution in [1.29, 1.82) is 0 Å². The average Bonchev–Trinajstić information content (AvgIpc) is 2.76. The van der Waals surface area contributed by atoms with E-state index in [0.29, 0.717) is 11.8 Å².